The van der Waals surface area contributed by atoms with E-state index in [4.69, 9.17) is 21.1 Å². The maximum Gasteiger partial charge on any atom is 0.417 e. The Morgan fingerprint density at radius 1 is 1.09 bits per heavy atom. The van der Waals surface area contributed by atoms with Gasteiger partial charge in [-0.25, -0.2) is 4.98 Å². The van der Waals surface area contributed by atoms with Crippen molar-refractivity contribution in [2.45, 2.75) is 19.0 Å². The van der Waals surface area contributed by atoms with Gasteiger partial charge in [-0.3, -0.25) is 4.79 Å². The lowest BCUT2D eigenvalue weighted by molar-refractivity contribution is -0.137. The van der Waals surface area contributed by atoms with E-state index in [0.717, 1.165) is 29.0 Å². The number of thiazole rings is 1. The normalized spacial score (nSPS) is 12.5. The molecule has 0 fully saturated rings. The van der Waals surface area contributed by atoms with Crippen molar-refractivity contribution in [3.05, 3.63) is 78.8 Å². The molecular formula is C22H17ClF3N3O3S. The third-order valence-electron chi connectivity index (χ3n) is 4.90. The zero-order valence-electron chi connectivity index (χ0n) is 17.4. The van der Waals surface area contributed by atoms with Crippen LogP contribution in [0.3, 0.4) is 0 Å². The number of nitrogens with zero attached hydrogens (tertiary/aromatic N) is 3. The van der Waals surface area contributed by atoms with E-state index in [1.165, 1.54) is 16.7 Å². The standard InChI is InChI=1S/C22H17ClF3N3O3S/c1-31-16-7-4-12(10-17(16)32-2)5-8-19-27-21-29(28-19)20(30)18(33-21)11-13-3-6-15(23)14(9-13)22(24,25)26/h3-4,6-7,9-11H,5,8H2,1-2H3/b18-11-. The zero-order valence-corrected chi connectivity index (χ0v) is 19.0. The Bertz CT molecular complexity index is 1430. The first-order valence-electron chi connectivity index (χ1n) is 9.67. The molecule has 33 heavy (non-hydrogen) atoms. The largest absolute Gasteiger partial charge is 0.493 e. The van der Waals surface area contributed by atoms with E-state index in [9.17, 15) is 18.0 Å². The van der Waals surface area contributed by atoms with Crippen LogP contribution in [0.2, 0.25) is 5.02 Å². The third kappa shape index (κ3) is 4.81. The van der Waals surface area contributed by atoms with Crippen LogP contribution in [0.1, 0.15) is 22.5 Å². The maximum absolute atomic E-state index is 13.1. The highest BCUT2D eigenvalue weighted by Gasteiger charge is 2.33. The van der Waals surface area contributed by atoms with Crippen molar-refractivity contribution in [2.75, 3.05) is 14.2 Å². The van der Waals surface area contributed by atoms with Crippen LogP contribution < -0.4 is 19.6 Å². The number of alkyl halides is 3. The number of hydrogen-bond donors (Lipinski definition) is 0. The number of hydrogen-bond acceptors (Lipinski definition) is 6. The van der Waals surface area contributed by atoms with Gasteiger partial charge in [-0.2, -0.15) is 17.7 Å². The van der Waals surface area contributed by atoms with Crippen LogP contribution in [0.25, 0.3) is 11.0 Å². The van der Waals surface area contributed by atoms with Crippen LogP contribution >= 0.6 is 22.9 Å². The molecule has 0 unspecified atom stereocenters. The summed E-state index contributed by atoms with van der Waals surface area (Å²) in [5.74, 6) is 1.74. The Morgan fingerprint density at radius 2 is 1.85 bits per heavy atom. The van der Waals surface area contributed by atoms with Gasteiger partial charge in [0.25, 0.3) is 5.56 Å². The molecule has 4 rings (SSSR count). The molecule has 0 bridgehead atoms. The molecule has 2 heterocycles. The number of rotatable bonds is 6. The lowest BCUT2D eigenvalue weighted by Crippen LogP contribution is -2.24. The number of fused-ring (bicyclic) bond motifs is 1. The number of methoxy groups -OCH3 is 2. The molecule has 0 saturated heterocycles. The summed E-state index contributed by atoms with van der Waals surface area (Å²) in [6.07, 6.45) is -2.10. The van der Waals surface area contributed by atoms with Crippen LogP contribution in [-0.2, 0) is 19.0 Å². The molecule has 0 aliphatic heterocycles. The van der Waals surface area contributed by atoms with Gasteiger partial charge in [0.15, 0.2) is 17.3 Å². The van der Waals surface area contributed by atoms with Gasteiger partial charge in [-0.05, 0) is 47.9 Å². The first kappa shape index (κ1) is 23.1. The minimum absolute atomic E-state index is 0.210. The fourth-order valence-electron chi connectivity index (χ4n) is 3.27. The zero-order chi connectivity index (χ0) is 23.8. The molecular weight excluding hydrogens is 479 g/mol. The lowest BCUT2D eigenvalue weighted by atomic mass is 10.1. The van der Waals surface area contributed by atoms with Gasteiger partial charge in [-0.1, -0.05) is 35.1 Å². The van der Waals surface area contributed by atoms with Crippen molar-refractivity contribution < 1.29 is 22.6 Å². The number of benzene rings is 2. The van der Waals surface area contributed by atoms with Crippen molar-refractivity contribution in [3.63, 3.8) is 0 Å². The molecule has 0 N–H and O–H groups in total. The van der Waals surface area contributed by atoms with Crippen molar-refractivity contribution in [3.8, 4) is 11.5 Å². The summed E-state index contributed by atoms with van der Waals surface area (Å²) in [4.78, 5) is 17.4. The summed E-state index contributed by atoms with van der Waals surface area (Å²) in [6, 6.07) is 9.07. The van der Waals surface area contributed by atoms with Crippen LogP contribution in [0.5, 0.6) is 11.5 Å². The van der Waals surface area contributed by atoms with E-state index in [0.29, 0.717) is 35.1 Å². The molecule has 0 radical (unpaired) electrons. The summed E-state index contributed by atoms with van der Waals surface area (Å²) in [6.45, 7) is 0. The monoisotopic (exact) mass is 495 g/mol. The Kier molecular flexibility index (Phi) is 6.31. The average molecular weight is 496 g/mol. The molecule has 0 saturated carbocycles. The first-order chi connectivity index (χ1) is 15.7. The van der Waals surface area contributed by atoms with E-state index in [1.807, 2.05) is 18.2 Å². The molecule has 11 heteroatoms. The fraction of sp³-hybridized carbons (Fsp3) is 0.227. The van der Waals surface area contributed by atoms with Crippen LogP contribution in [0, 0.1) is 0 Å². The van der Waals surface area contributed by atoms with Gasteiger partial charge in [0.2, 0.25) is 4.96 Å². The Morgan fingerprint density at radius 3 is 2.52 bits per heavy atom. The maximum atomic E-state index is 13.1. The molecule has 0 aliphatic carbocycles. The lowest BCUT2D eigenvalue weighted by Gasteiger charge is -2.09. The Labute approximate surface area is 194 Å². The van der Waals surface area contributed by atoms with Gasteiger partial charge in [0.1, 0.15) is 0 Å². The number of aryl methyl sites for hydroxylation is 2. The molecule has 2 aromatic heterocycles. The number of ether oxygens (including phenoxy) is 2. The number of halogens is 4. The Hall–Kier alpha value is -3.11. The van der Waals surface area contributed by atoms with E-state index in [2.05, 4.69) is 10.1 Å². The molecule has 0 atom stereocenters. The predicted molar refractivity (Wildman–Crippen MR) is 119 cm³/mol. The summed E-state index contributed by atoms with van der Waals surface area (Å²) >= 11 is 6.72. The average Bonchev–Trinajstić information content (AvgIpc) is 3.31. The van der Waals surface area contributed by atoms with Crippen molar-refractivity contribution in [1.29, 1.82) is 0 Å². The quantitative estimate of drug-likeness (QED) is 0.401. The van der Waals surface area contributed by atoms with Gasteiger partial charge in [-0.15, -0.1) is 5.10 Å². The molecule has 0 amide bonds. The number of aromatic nitrogens is 3. The molecule has 6 nitrogen and oxygen atoms in total. The highest BCUT2D eigenvalue weighted by molar-refractivity contribution is 7.15. The van der Waals surface area contributed by atoms with Crippen molar-refractivity contribution in [2.24, 2.45) is 0 Å². The van der Waals surface area contributed by atoms with Gasteiger partial charge in [0, 0.05) is 6.42 Å². The summed E-state index contributed by atoms with van der Waals surface area (Å²) in [7, 11) is 3.12. The van der Waals surface area contributed by atoms with Crippen molar-refractivity contribution in [1.82, 2.24) is 14.6 Å². The van der Waals surface area contributed by atoms with Gasteiger partial charge >= 0.3 is 6.18 Å². The summed E-state index contributed by atoms with van der Waals surface area (Å²) in [5.41, 5.74) is -0.196. The molecule has 4 aromatic rings. The van der Waals surface area contributed by atoms with Crippen LogP contribution in [0.15, 0.2) is 41.2 Å². The second-order valence-corrected chi connectivity index (χ2v) is 8.48. The molecule has 2 aromatic carbocycles. The SMILES string of the molecule is COc1ccc(CCc2nc3s/c(=C\c4ccc(Cl)c(C(F)(F)F)c4)c(=O)n3n2)cc1OC. The van der Waals surface area contributed by atoms with E-state index >= 15 is 0 Å². The minimum Gasteiger partial charge on any atom is -0.493 e. The third-order valence-corrected chi connectivity index (χ3v) is 6.19. The molecule has 172 valence electrons. The smallest absolute Gasteiger partial charge is 0.417 e. The summed E-state index contributed by atoms with van der Waals surface area (Å²) < 4.78 is 51.2. The highest BCUT2D eigenvalue weighted by atomic mass is 35.5. The van der Waals surface area contributed by atoms with E-state index < -0.39 is 22.3 Å². The topological polar surface area (TPSA) is 65.7 Å². The van der Waals surface area contributed by atoms with Crippen LogP contribution in [-0.4, -0.2) is 28.8 Å². The van der Waals surface area contributed by atoms with Gasteiger partial charge < -0.3 is 9.47 Å². The van der Waals surface area contributed by atoms with Gasteiger partial charge in [0.05, 0.1) is 29.3 Å². The van der Waals surface area contributed by atoms with Crippen LogP contribution in [0.4, 0.5) is 13.2 Å². The predicted octanol–water partition coefficient (Wildman–Crippen LogP) is 4.17. The van der Waals surface area contributed by atoms with E-state index in [-0.39, 0.29) is 10.1 Å². The fourth-order valence-corrected chi connectivity index (χ4v) is 4.43. The molecule has 0 aliphatic rings. The minimum atomic E-state index is -4.59. The highest BCUT2D eigenvalue weighted by Crippen LogP contribution is 2.35. The molecule has 0 spiro atoms. The first-order valence-corrected chi connectivity index (χ1v) is 10.9. The Balaban J connectivity index is 1.58. The van der Waals surface area contributed by atoms with E-state index in [1.54, 1.807) is 14.2 Å². The second-order valence-electron chi connectivity index (χ2n) is 7.06. The van der Waals surface area contributed by atoms with Crippen molar-refractivity contribution >= 4 is 34.0 Å². The summed E-state index contributed by atoms with van der Waals surface area (Å²) in [5, 5.41) is 3.86. The second kappa shape index (κ2) is 9.03.